The van der Waals surface area contributed by atoms with Gasteiger partial charge >= 0.3 is 0 Å². The summed E-state index contributed by atoms with van der Waals surface area (Å²) in [6, 6.07) is 5.03. The smallest absolute Gasteiger partial charge is 0.249 e. The van der Waals surface area contributed by atoms with Gasteiger partial charge in [-0.1, -0.05) is 36.2 Å². The zero-order chi connectivity index (χ0) is 16.4. The minimum absolute atomic E-state index is 0.130. The summed E-state index contributed by atoms with van der Waals surface area (Å²) in [5.74, 6) is -0.130. The molecule has 22 heavy (non-hydrogen) atoms. The quantitative estimate of drug-likeness (QED) is 0.876. The number of hydrogen-bond donors (Lipinski definition) is 1. The van der Waals surface area contributed by atoms with Crippen LogP contribution in [0.2, 0.25) is 10.0 Å². The number of nitrogens with one attached hydrogen (secondary N) is 1. The Hall–Kier alpha value is -1.52. The molecule has 1 aromatic carbocycles. The van der Waals surface area contributed by atoms with Crippen molar-refractivity contribution in [2.45, 2.75) is 40.2 Å². The highest BCUT2D eigenvalue weighted by Crippen LogP contribution is 2.27. The summed E-state index contributed by atoms with van der Waals surface area (Å²) >= 11 is 12.3. The van der Waals surface area contributed by atoms with E-state index in [4.69, 9.17) is 23.2 Å². The number of aromatic nitrogens is 2. The molecule has 0 fully saturated rings. The fraction of sp³-hybridized carbons (Fsp3) is 0.375. The molecule has 2 rings (SSSR count). The van der Waals surface area contributed by atoms with Gasteiger partial charge in [-0.2, -0.15) is 5.10 Å². The molecular formula is C16H19Cl2N3O. The van der Waals surface area contributed by atoms with Gasteiger partial charge < -0.3 is 5.32 Å². The minimum atomic E-state index is -0.412. The Morgan fingerprint density at radius 2 is 2.00 bits per heavy atom. The molecule has 0 aliphatic rings. The number of aryl methyl sites for hydroxylation is 1. The van der Waals surface area contributed by atoms with E-state index in [1.165, 1.54) is 0 Å². The molecule has 1 heterocycles. The molecule has 1 unspecified atom stereocenters. The number of nitrogens with zero attached hydrogens (tertiary/aromatic N) is 2. The zero-order valence-corrected chi connectivity index (χ0v) is 14.6. The number of benzene rings is 1. The Labute approximate surface area is 140 Å². The van der Waals surface area contributed by atoms with Crippen molar-refractivity contribution in [3.63, 3.8) is 0 Å². The molecule has 0 bridgehead atoms. The molecule has 118 valence electrons. The second-order valence-electron chi connectivity index (χ2n) is 5.26. The molecule has 1 aromatic heterocycles. The Kier molecular flexibility index (Phi) is 5.14. The van der Waals surface area contributed by atoms with E-state index in [0.717, 1.165) is 17.0 Å². The third kappa shape index (κ3) is 3.13. The van der Waals surface area contributed by atoms with Crippen LogP contribution in [0.1, 0.15) is 36.3 Å². The van der Waals surface area contributed by atoms with Gasteiger partial charge in [-0.25, -0.2) is 0 Å². The van der Waals surface area contributed by atoms with E-state index < -0.39 is 6.04 Å². The average Bonchev–Trinajstić information content (AvgIpc) is 2.73. The van der Waals surface area contributed by atoms with Crippen LogP contribution in [-0.2, 0) is 4.79 Å². The normalized spacial score (nSPS) is 12.3. The van der Waals surface area contributed by atoms with Gasteiger partial charge in [-0.05, 0) is 44.9 Å². The van der Waals surface area contributed by atoms with Gasteiger partial charge in [-0.3, -0.25) is 9.48 Å². The molecule has 2 aromatic rings. The van der Waals surface area contributed by atoms with Gasteiger partial charge in [0.2, 0.25) is 5.91 Å². The van der Waals surface area contributed by atoms with Crippen LogP contribution in [0.5, 0.6) is 0 Å². The maximum absolute atomic E-state index is 12.6. The summed E-state index contributed by atoms with van der Waals surface area (Å²) in [5.41, 5.74) is 3.08. The van der Waals surface area contributed by atoms with Crippen molar-refractivity contribution in [1.29, 1.82) is 0 Å². The first-order valence-electron chi connectivity index (χ1n) is 7.14. The van der Waals surface area contributed by atoms with Crippen molar-refractivity contribution in [2.75, 3.05) is 5.32 Å². The third-order valence-electron chi connectivity index (χ3n) is 3.75. The number of halogens is 2. The van der Waals surface area contributed by atoms with Crippen molar-refractivity contribution in [1.82, 2.24) is 9.78 Å². The molecule has 0 radical (unpaired) electrons. The largest absolute Gasteiger partial charge is 0.324 e. The number of anilines is 1. The van der Waals surface area contributed by atoms with Gasteiger partial charge in [-0.15, -0.1) is 0 Å². The van der Waals surface area contributed by atoms with E-state index in [-0.39, 0.29) is 5.91 Å². The van der Waals surface area contributed by atoms with Crippen molar-refractivity contribution < 1.29 is 4.79 Å². The molecule has 6 heteroatoms. The van der Waals surface area contributed by atoms with E-state index in [0.29, 0.717) is 22.2 Å². The number of carbonyl (C=O) groups is 1. The lowest BCUT2D eigenvalue weighted by molar-refractivity contribution is -0.119. The molecular weight excluding hydrogens is 321 g/mol. The highest BCUT2D eigenvalue weighted by Gasteiger charge is 2.23. The van der Waals surface area contributed by atoms with E-state index >= 15 is 0 Å². The lowest BCUT2D eigenvalue weighted by Crippen LogP contribution is -2.27. The van der Waals surface area contributed by atoms with Gasteiger partial charge in [0.25, 0.3) is 0 Å². The van der Waals surface area contributed by atoms with Crippen LogP contribution in [0.15, 0.2) is 18.2 Å². The Balaban J connectivity index is 2.29. The molecule has 1 N–H and O–H groups in total. The summed E-state index contributed by atoms with van der Waals surface area (Å²) in [7, 11) is 0. The monoisotopic (exact) mass is 339 g/mol. The predicted molar refractivity (Wildman–Crippen MR) is 90.9 cm³/mol. The number of rotatable bonds is 4. The van der Waals surface area contributed by atoms with Gasteiger partial charge in [0.1, 0.15) is 6.04 Å². The summed E-state index contributed by atoms with van der Waals surface area (Å²) < 4.78 is 1.69. The van der Waals surface area contributed by atoms with Crippen LogP contribution in [0.25, 0.3) is 0 Å². The minimum Gasteiger partial charge on any atom is -0.324 e. The van der Waals surface area contributed by atoms with Crippen LogP contribution in [0.3, 0.4) is 0 Å². The summed E-state index contributed by atoms with van der Waals surface area (Å²) in [6.45, 7) is 7.51. The summed E-state index contributed by atoms with van der Waals surface area (Å²) in [6.07, 6.45) is 0.615. The topological polar surface area (TPSA) is 46.9 Å². The highest BCUT2D eigenvalue weighted by atomic mass is 35.5. The van der Waals surface area contributed by atoms with Crippen LogP contribution < -0.4 is 5.32 Å². The Morgan fingerprint density at radius 3 is 2.55 bits per heavy atom. The molecule has 0 aliphatic carbocycles. The van der Waals surface area contributed by atoms with Crippen molar-refractivity contribution in [2.24, 2.45) is 0 Å². The molecule has 0 aliphatic heterocycles. The van der Waals surface area contributed by atoms with Crippen LogP contribution in [-0.4, -0.2) is 15.7 Å². The van der Waals surface area contributed by atoms with E-state index in [9.17, 15) is 4.79 Å². The van der Waals surface area contributed by atoms with Crippen LogP contribution >= 0.6 is 23.2 Å². The van der Waals surface area contributed by atoms with Crippen molar-refractivity contribution in [3.8, 4) is 0 Å². The molecule has 1 atom stereocenters. The fourth-order valence-corrected chi connectivity index (χ4v) is 2.67. The third-order valence-corrected chi connectivity index (χ3v) is 4.70. The first-order valence-corrected chi connectivity index (χ1v) is 7.89. The maximum Gasteiger partial charge on any atom is 0.249 e. The van der Waals surface area contributed by atoms with E-state index in [2.05, 4.69) is 10.4 Å². The number of amides is 1. The zero-order valence-electron chi connectivity index (χ0n) is 13.1. The second-order valence-corrected chi connectivity index (χ2v) is 6.04. The van der Waals surface area contributed by atoms with E-state index in [1.807, 2.05) is 39.8 Å². The second kappa shape index (κ2) is 6.71. The molecule has 4 nitrogen and oxygen atoms in total. The summed E-state index contributed by atoms with van der Waals surface area (Å²) in [4.78, 5) is 12.6. The van der Waals surface area contributed by atoms with E-state index in [1.54, 1.807) is 10.7 Å². The van der Waals surface area contributed by atoms with Gasteiger partial charge in [0.05, 0.1) is 16.4 Å². The molecule has 0 saturated heterocycles. The lowest BCUT2D eigenvalue weighted by atomic mass is 10.1. The first kappa shape index (κ1) is 16.8. The highest BCUT2D eigenvalue weighted by molar-refractivity contribution is 6.32. The van der Waals surface area contributed by atoms with Gasteiger partial charge in [0.15, 0.2) is 0 Å². The number of carbonyl (C=O) groups excluding carboxylic acids is 1. The maximum atomic E-state index is 12.6. The van der Waals surface area contributed by atoms with Gasteiger partial charge in [0, 0.05) is 10.7 Å². The predicted octanol–water partition coefficient (Wildman–Crippen LogP) is 4.70. The Bertz CT molecular complexity index is 710. The standard InChI is InChI=1S/C16H19Cl2N3O/c1-5-14(21-11(4)15(18)10(3)20-21)16(22)19-13-8-6-7-12(17)9(13)2/h6-8,14H,5H2,1-4H3,(H,19,22). The number of hydrogen-bond acceptors (Lipinski definition) is 2. The SMILES string of the molecule is CCC(C(=O)Nc1cccc(Cl)c1C)n1nc(C)c(Cl)c1C. The lowest BCUT2D eigenvalue weighted by Gasteiger charge is -2.18. The van der Waals surface area contributed by atoms with Crippen molar-refractivity contribution >= 4 is 34.8 Å². The van der Waals surface area contributed by atoms with Crippen LogP contribution in [0.4, 0.5) is 5.69 Å². The fourth-order valence-electron chi connectivity index (χ4n) is 2.37. The Morgan fingerprint density at radius 1 is 1.32 bits per heavy atom. The average molecular weight is 340 g/mol. The van der Waals surface area contributed by atoms with Crippen LogP contribution in [0, 0.1) is 20.8 Å². The van der Waals surface area contributed by atoms with Crippen molar-refractivity contribution in [3.05, 3.63) is 45.2 Å². The first-order chi connectivity index (χ1) is 10.4. The summed E-state index contributed by atoms with van der Waals surface area (Å²) in [5, 5.41) is 8.54. The molecule has 0 saturated carbocycles. The molecule has 0 spiro atoms. The molecule has 1 amide bonds.